The van der Waals surface area contributed by atoms with Crippen LogP contribution >= 0.6 is 0 Å². The molecule has 1 aromatic heterocycles. The summed E-state index contributed by atoms with van der Waals surface area (Å²) >= 11 is 0. The number of rotatable bonds is 3. The van der Waals surface area contributed by atoms with E-state index in [1.165, 1.54) is 6.33 Å². The number of hydrogen-bond donors (Lipinski definition) is 0. The third-order valence-corrected chi connectivity index (χ3v) is 2.27. The van der Waals surface area contributed by atoms with Crippen molar-refractivity contribution in [3.8, 4) is 22.8 Å². The Morgan fingerprint density at radius 1 is 1.06 bits per heavy atom. The Bertz CT molecular complexity index is 472. The Kier molecular flexibility index (Phi) is 3.00. The Labute approximate surface area is 93.9 Å². The number of methoxy groups -OCH3 is 2. The first kappa shape index (κ1) is 10.4. The molecule has 0 aliphatic heterocycles. The summed E-state index contributed by atoms with van der Waals surface area (Å²) in [5, 5.41) is 0. The van der Waals surface area contributed by atoms with Crippen molar-refractivity contribution in [1.29, 1.82) is 0 Å². The van der Waals surface area contributed by atoms with E-state index >= 15 is 0 Å². The van der Waals surface area contributed by atoms with Crippen LogP contribution < -0.4 is 9.47 Å². The summed E-state index contributed by atoms with van der Waals surface area (Å²) in [5.74, 6) is 1.49. The molecule has 0 fully saturated rings. The van der Waals surface area contributed by atoms with E-state index < -0.39 is 0 Å². The maximum absolute atomic E-state index is 5.30. The van der Waals surface area contributed by atoms with Gasteiger partial charge in [0.25, 0.3) is 0 Å². The van der Waals surface area contributed by atoms with Crippen molar-refractivity contribution < 1.29 is 9.47 Å². The fourth-order valence-electron chi connectivity index (χ4n) is 1.46. The standard InChI is InChI=1S/C12H12N2O2/c1-15-9-3-4-10(12(7-9)16-2)11-5-6-13-8-14-11/h3-8H,1-2H3. The molecule has 0 bridgehead atoms. The van der Waals surface area contributed by atoms with E-state index in [4.69, 9.17) is 9.47 Å². The molecular weight excluding hydrogens is 204 g/mol. The summed E-state index contributed by atoms with van der Waals surface area (Å²) in [4.78, 5) is 8.06. The van der Waals surface area contributed by atoms with Crippen LogP contribution in [0.2, 0.25) is 0 Å². The molecule has 4 nitrogen and oxygen atoms in total. The van der Waals surface area contributed by atoms with E-state index in [9.17, 15) is 0 Å². The van der Waals surface area contributed by atoms with Gasteiger partial charge in [0.1, 0.15) is 17.8 Å². The summed E-state index contributed by atoms with van der Waals surface area (Å²) in [7, 11) is 3.25. The lowest BCUT2D eigenvalue weighted by atomic mass is 10.1. The Morgan fingerprint density at radius 3 is 2.56 bits per heavy atom. The molecule has 16 heavy (non-hydrogen) atoms. The van der Waals surface area contributed by atoms with Gasteiger partial charge in [-0.05, 0) is 18.2 Å². The summed E-state index contributed by atoms with van der Waals surface area (Å²) in [6.45, 7) is 0. The maximum Gasteiger partial charge on any atom is 0.131 e. The van der Waals surface area contributed by atoms with Crippen molar-refractivity contribution in [1.82, 2.24) is 9.97 Å². The molecule has 0 aliphatic rings. The van der Waals surface area contributed by atoms with Gasteiger partial charge in [0.15, 0.2) is 0 Å². The Balaban J connectivity index is 2.49. The Hall–Kier alpha value is -2.10. The lowest BCUT2D eigenvalue weighted by Crippen LogP contribution is -1.92. The lowest BCUT2D eigenvalue weighted by Gasteiger charge is -2.09. The molecule has 0 spiro atoms. The molecule has 0 saturated carbocycles. The molecular formula is C12H12N2O2. The summed E-state index contributed by atoms with van der Waals surface area (Å²) in [5.41, 5.74) is 1.75. The first-order valence-electron chi connectivity index (χ1n) is 4.83. The van der Waals surface area contributed by atoms with Crippen molar-refractivity contribution in [2.45, 2.75) is 0 Å². The molecule has 4 heteroatoms. The van der Waals surface area contributed by atoms with Crippen LogP contribution in [-0.4, -0.2) is 24.2 Å². The first-order valence-corrected chi connectivity index (χ1v) is 4.83. The van der Waals surface area contributed by atoms with Crippen LogP contribution in [0, 0.1) is 0 Å². The summed E-state index contributed by atoms with van der Waals surface area (Å²) in [6, 6.07) is 7.46. The van der Waals surface area contributed by atoms with Crippen LogP contribution in [0.5, 0.6) is 11.5 Å². The van der Waals surface area contributed by atoms with Gasteiger partial charge in [-0.2, -0.15) is 0 Å². The zero-order valence-corrected chi connectivity index (χ0v) is 9.18. The minimum absolute atomic E-state index is 0.734. The average molecular weight is 216 g/mol. The summed E-state index contributed by atoms with van der Waals surface area (Å²) in [6.07, 6.45) is 3.21. The van der Waals surface area contributed by atoms with Crippen LogP contribution in [0.25, 0.3) is 11.3 Å². The van der Waals surface area contributed by atoms with E-state index in [0.717, 1.165) is 22.8 Å². The van der Waals surface area contributed by atoms with Gasteiger partial charge < -0.3 is 9.47 Å². The predicted molar refractivity (Wildman–Crippen MR) is 60.6 cm³/mol. The summed E-state index contributed by atoms with van der Waals surface area (Å²) < 4.78 is 10.4. The molecule has 0 N–H and O–H groups in total. The van der Waals surface area contributed by atoms with Gasteiger partial charge in [-0.1, -0.05) is 0 Å². The second-order valence-electron chi connectivity index (χ2n) is 3.16. The second kappa shape index (κ2) is 4.61. The number of nitrogens with zero attached hydrogens (tertiary/aromatic N) is 2. The minimum Gasteiger partial charge on any atom is -0.497 e. The highest BCUT2D eigenvalue weighted by Crippen LogP contribution is 2.31. The van der Waals surface area contributed by atoms with E-state index in [-0.39, 0.29) is 0 Å². The van der Waals surface area contributed by atoms with E-state index in [1.54, 1.807) is 20.4 Å². The van der Waals surface area contributed by atoms with Crippen molar-refractivity contribution >= 4 is 0 Å². The highest BCUT2D eigenvalue weighted by Gasteiger charge is 2.07. The van der Waals surface area contributed by atoms with Crippen molar-refractivity contribution in [3.63, 3.8) is 0 Å². The van der Waals surface area contributed by atoms with Crippen LogP contribution in [0.1, 0.15) is 0 Å². The minimum atomic E-state index is 0.734. The molecule has 0 amide bonds. The molecule has 0 atom stereocenters. The van der Waals surface area contributed by atoms with Gasteiger partial charge in [0.2, 0.25) is 0 Å². The molecule has 0 saturated heterocycles. The van der Waals surface area contributed by atoms with Crippen LogP contribution in [-0.2, 0) is 0 Å². The fourth-order valence-corrected chi connectivity index (χ4v) is 1.46. The van der Waals surface area contributed by atoms with Gasteiger partial charge in [0.05, 0.1) is 19.9 Å². The smallest absolute Gasteiger partial charge is 0.131 e. The number of aromatic nitrogens is 2. The molecule has 2 rings (SSSR count). The van der Waals surface area contributed by atoms with Crippen molar-refractivity contribution in [3.05, 3.63) is 36.8 Å². The zero-order chi connectivity index (χ0) is 11.4. The first-order chi connectivity index (χ1) is 7.85. The normalized spacial score (nSPS) is 9.88. The van der Waals surface area contributed by atoms with Gasteiger partial charge in [0, 0.05) is 17.8 Å². The fraction of sp³-hybridized carbons (Fsp3) is 0.167. The molecule has 0 radical (unpaired) electrons. The number of ether oxygens (including phenoxy) is 2. The highest BCUT2D eigenvalue weighted by molar-refractivity contribution is 5.68. The molecule has 1 aromatic carbocycles. The molecule has 2 aromatic rings. The SMILES string of the molecule is COc1ccc(-c2ccncn2)c(OC)c1. The third kappa shape index (κ3) is 1.95. The average Bonchev–Trinajstić information content (AvgIpc) is 2.39. The van der Waals surface area contributed by atoms with Crippen LogP contribution in [0.15, 0.2) is 36.8 Å². The van der Waals surface area contributed by atoms with Crippen LogP contribution in [0.3, 0.4) is 0 Å². The quantitative estimate of drug-likeness (QED) is 0.788. The van der Waals surface area contributed by atoms with Gasteiger partial charge in [-0.25, -0.2) is 9.97 Å². The van der Waals surface area contributed by atoms with Gasteiger partial charge >= 0.3 is 0 Å². The molecule has 0 unspecified atom stereocenters. The highest BCUT2D eigenvalue weighted by atomic mass is 16.5. The topological polar surface area (TPSA) is 44.2 Å². The van der Waals surface area contributed by atoms with E-state index in [0.29, 0.717) is 0 Å². The Morgan fingerprint density at radius 2 is 1.94 bits per heavy atom. The lowest BCUT2D eigenvalue weighted by molar-refractivity contribution is 0.395. The van der Waals surface area contributed by atoms with Gasteiger partial charge in [-0.15, -0.1) is 0 Å². The third-order valence-electron chi connectivity index (χ3n) is 2.27. The van der Waals surface area contributed by atoms with E-state index in [1.807, 2.05) is 24.3 Å². The predicted octanol–water partition coefficient (Wildman–Crippen LogP) is 2.16. The largest absolute Gasteiger partial charge is 0.497 e. The van der Waals surface area contributed by atoms with Crippen molar-refractivity contribution in [2.75, 3.05) is 14.2 Å². The zero-order valence-electron chi connectivity index (χ0n) is 9.18. The monoisotopic (exact) mass is 216 g/mol. The molecule has 1 heterocycles. The van der Waals surface area contributed by atoms with Gasteiger partial charge in [-0.3, -0.25) is 0 Å². The van der Waals surface area contributed by atoms with Crippen LogP contribution in [0.4, 0.5) is 0 Å². The molecule has 82 valence electrons. The molecule has 0 aliphatic carbocycles. The van der Waals surface area contributed by atoms with E-state index in [2.05, 4.69) is 9.97 Å². The van der Waals surface area contributed by atoms with Crippen molar-refractivity contribution in [2.24, 2.45) is 0 Å². The number of hydrogen-bond acceptors (Lipinski definition) is 4. The maximum atomic E-state index is 5.30. The number of benzene rings is 1. The second-order valence-corrected chi connectivity index (χ2v) is 3.16.